The highest BCUT2D eigenvalue weighted by Crippen LogP contribution is 2.38. The number of phosphoric acid groups is 1. The molecule has 0 saturated carbocycles. The molecule has 244 valence electrons. The van der Waals surface area contributed by atoms with Crippen LogP contribution >= 0.6 is 7.82 Å². The van der Waals surface area contributed by atoms with Crippen LogP contribution in [0.4, 0.5) is 0 Å². The first-order valence-electron chi connectivity index (χ1n) is 16.5. The molecular weight excluding hydrogens is 539 g/mol. The van der Waals surface area contributed by atoms with Gasteiger partial charge in [-0.15, -0.1) is 0 Å². The zero-order valence-electron chi connectivity index (χ0n) is 27.2. The van der Waals surface area contributed by atoms with Crippen molar-refractivity contribution in [3.8, 4) is 0 Å². The molecule has 0 heterocycles. The van der Waals surface area contributed by atoms with Crippen molar-refractivity contribution in [3.63, 3.8) is 0 Å². The molecule has 3 unspecified atom stereocenters. The van der Waals surface area contributed by atoms with Gasteiger partial charge < -0.3 is 28.8 Å². The molecule has 9 heteroatoms. The Labute approximate surface area is 252 Å². The van der Waals surface area contributed by atoms with Crippen molar-refractivity contribution in [2.75, 3.05) is 40.9 Å². The lowest BCUT2D eigenvalue weighted by atomic mass is 10.0. The van der Waals surface area contributed by atoms with Crippen molar-refractivity contribution in [2.45, 2.75) is 148 Å². The molecule has 0 radical (unpaired) electrons. The largest absolute Gasteiger partial charge is 0.756 e. The Bertz CT molecular complexity index is 698. The number of amides is 1. The molecule has 0 rings (SSSR count). The number of allylic oxidation sites excluding steroid dienone is 2. The topological polar surface area (TPSA) is 108 Å². The predicted molar refractivity (Wildman–Crippen MR) is 169 cm³/mol. The first-order chi connectivity index (χ1) is 19.5. The average molecular weight is 605 g/mol. The van der Waals surface area contributed by atoms with Gasteiger partial charge in [0.05, 0.1) is 39.9 Å². The van der Waals surface area contributed by atoms with Crippen LogP contribution in [0.15, 0.2) is 12.2 Å². The summed E-state index contributed by atoms with van der Waals surface area (Å²) in [6, 6.07) is -0.795. The van der Waals surface area contributed by atoms with Gasteiger partial charge in [-0.25, -0.2) is 0 Å². The monoisotopic (exact) mass is 604 g/mol. The molecule has 41 heavy (non-hydrogen) atoms. The number of phosphoric ester groups is 1. The number of nitrogens with zero attached hydrogens (tertiary/aromatic N) is 1. The average Bonchev–Trinajstić information content (AvgIpc) is 2.90. The lowest BCUT2D eigenvalue weighted by molar-refractivity contribution is -0.870. The fourth-order valence-corrected chi connectivity index (χ4v) is 5.22. The summed E-state index contributed by atoms with van der Waals surface area (Å²) in [6.07, 6.45) is 23.8. The number of unbranched alkanes of at least 4 members (excludes halogenated alkanes) is 14. The molecule has 0 bridgehead atoms. The maximum Gasteiger partial charge on any atom is 0.268 e. The third-order valence-corrected chi connectivity index (χ3v) is 8.22. The minimum absolute atomic E-state index is 0.0109. The summed E-state index contributed by atoms with van der Waals surface area (Å²) in [7, 11) is 1.29. The van der Waals surface area contributed by atoms with E-state index in [-0.39, 0.29) is 19.1 Å². The summed E-state index contributed by atoms with van der Waals surface area (Å²) in [5, 5.41) is 13.6. The predicted octanol–water partition coefficient (Wildman–Crippen LogP) is 7.05. The Hall–Kier alpha value is -0.760. The Morgan fingerprint density at radius 3 is 1.93 bits per heavy atom. The molecule has 0 aliphatic heterocycles. The minimum Gasteiger partial charge on any atom is -0.756 e. The summed E-state index contributed by atoms with van der Waals surface area (Å²) in [6.45, 7) is 4.59. The minimum atomic E-state index is -4.54. The Morgan fingerprint density at radius 2 is 1.34 bits per heavy atom. The molecule has 1 amide bonds. The lowest BCUT2D eigenvalue weighted by Gasteiger charge is -2.30. The van der Waals surface area contributed by atoms with Crippen molar-refractivity contribution >= 4 is 13.7 Å². The van der Waals surface area contributed by atoms with E-state index in [0.717, 1.165) is 51.4 Å². The van der Waals surface area contributed by atoms with Crippen LogP contribution in [0, 0.1) is 0 Å². The van der Waals surface area contributed by atoms with Crippen LogP contribution in [0.25, 0.3) is 0 Å². The van der Waals surface area contributed by atoms with Gasteiger partial charge in [-0.05, 0) is 38.5 Å². The second-order valence-corrected chi connectivity index (χ2v) is 13.9. The summed E-state index contributed by atoms with van der Waals surface area (Å²) in [4.78, 5) is 24.9. The quantitative estimate of drug-likeness (QED) is 0.0410. The van der Waals surface area contributed by atoms with Gasteiger partial charge in [0.15, 0.2) is 0 Å². The van der Waals surface area contributed by atoms with Crippen LogP contribution < -0.4 is 10.2 Å². The van der Waals surface area contributed by atoms with E-state index in [1.54, 1.807) is 0 Å². The van der Waals surface area contributed by atoms with E-state index < -0.39 is 20.0 Å². The van der Waals surface area contributed by atoms with Gasteiger partial charge in [0.2, 0.25) is 5.91 Å². The van der Waals surface area contributed by atoms with Crippen LogP contribution in [0.3, 0.4) is 0 Å². The Balaban J connectivity index is 4.46. The van der Waals surface area contributed by atoms with Crippen LogP contribution in [0.5, 0.6) is 0 Å². The van der Waals surface area contributed by atoms with E-state index in [2.05, 4.69) is 31.3 Å². The van der Waals surface area contributed by atoms with E-state index in [1.807, 2.05) is 21.1 Å². The van der Waals surface area contributed by atoms with E-state index in [0.29, 0.717) is 23.9 Å². The molecule has 2 N–H and O–H groups in total. The maximum absolute atomic E-state index is 12.6. The molecule has 0 spiro atoms. The SMILES string of the molecule is CCCCCC/C=C\CCCCCCCC(=O)NC(COP(=O)([O-])OCC[N+](C)(C)C)C(O)CCCCCCCC. The van der Waals surface area contributed by atoms with Gasteiger partial charge in [0, 0.05) is 6.42 Å². The van der Waals surface area contributed by atoms with Gasteiger partial charge in [-0.1, -0.05) is 103 Å². The van der Waals surface area contributed by atoms with Crippen molar-refractivity contribution in [1.29, 1.82) is 0 Å². The summed E-state index contributed by atoms with van der Waals surface area (Å²) in [5.41, 5.74) is 0. The molecule has 3 atom stereocenters. The zero-order valence-corrected chi connectivity index (χ0v) is 28.1. The van der Waals surface area contributed by atoms with Gasteiger partial charge in [0.25, 0.3) is 7.82 Å². The van der Waals surface area contributed by atoms with Crippen molar-refractivity contribution in [3.05, 3.63) is 12.2 Å². The van der Waals surface area contributed by atoms with Gasteiger partial charge in [0.1, 0.15) is 13.2 Å². The van der Waals surface area contributed by atoms with Gasteiger partial charge in [-0.3, -0.25) is 9.36 Å². The standard InChI is InChI=1S/C32H65N2O6P/c1-6-8-10-12-14-15-16-17-18-19-20-22-24-26-32(36)33-30(31(35)25-23-21-13-11-9-7-2)29-40-41(37,38)39-28-27-34(3,4)5/h15-16,30-31,35H,6-14,17-29H2,1-5H3,(H-,33,36,37,38)/b16-15-. The van der Waals surface area contributed by atoms with Crippen molar-refractivity contribution in [1.82, 2.24) is 5.32 Å². The normalized spacial score (nSPS) is 15.2. The number of aliphatic hydroxyl groups is 1. The molecule has 8 nitrogen and oxygen atoms in total. The molecule has 0 aromatic heterocycles. The summed E-state index contributed by atoms with van der Waals surface area (Å²) in [5.74, 6) is -0.182. The number of aliphatic hydroxyl groups excluding tert-OH is 1. The number of hydrogen-bond donors (Lipinski definition) is 2. The molecule has 0 aromatic carbocycles. The molecule has 0 aliphatic carbocycles. The number of quaternary nitrogens is 1. The highest BCUT2D eigenvalue weighted by molar-refractivity contribution is 7.45. The van der Waals surface area contributed by atoms with Crippen LogP contribution in [0.2, 0.25) is 0 Å². The second-order valence-electron chi connectivity index (χ2n) is 12.5. The van der Waals surface area contributed by atoms with Crippen LogP contribution in [-0.4, -0.2) is 68.5 Å². The Kier molecular flexibility index (Phi) is 25.2. The van der Waals surface area contributed by atoms with E-state index in [1.165, 1.54) is 57.8 Å². The summed E-state index contributed by atoms with van der Waals surface area (Å²) < 4.78 is 22.9. The Morgan fingerprint density at radius 1 is 0.829 bits per heavy atom. The third-order valence-electron chi connectivity index (χ3n) is 7.25. The molecule has 0 saturated heterocycles. The smallest absolute Gasteiger partial charge is 0.268 e. The number of hydrogen-bond acceptors (Lipinski definition) is 6. The second kappa shape index (κ2) is 25.7. The number of carbonyl (C=O) groups is 1. The van der Waals surface area contributed by atoms with Gasteiger partial charge in [-0.2, -0.15) is 0 Å². The first-order valence-corrected chi connectivity index (χ1v) is 18.0. The molecule has 0 fully saturated rings. The van der Waals surface area contributed by atoms with E-state index >= 15 is 0 Å². The maximum atomic E-state index is 12.6. The molecule has 0 aromatic rings. The zero-order chi connectivity index (χ0) is 30.8. The fraction of sp³-hybridized carbons (Fsp3) is 0.906. The molecule has 0 aliphatic rings. The van der Waals surface area contributed by atoms with Crippen LogP contribution in [0.1, 0.15) is 136 Å². The van der Waals surface area contributed by atoms with Gasteiger partial charge >= 0.3 is 0 Å². The third kappa shape index (κ3) is 27.8. The fourth-order valence-electron chi connectivity index (χ4n) is 4.50. The van der Waals surface area contributed by atoms with E-state index in [9.17, 15) is 19.4 Å². The van der Waals surface area contributed by atoms with Crippen molar-refractivity contribution in [2.24, 2.45) is 0 Å². The van der Waals surface area contributed by atoms with Crippen molar-refractivity contribution < 1.29 is 32.9 Å². The first kappa shape index (κ1) is 40.2. The number of rotatable bonds is 29. The highest BCUT2D eigenvalue weighted by atomic mass is 31.2. The van der Waals surface area contributed by atoms with Crippen LogP contribution in [-0.2, 0) is 18.4 Å². The number of carbonyl (C=O) groups excluding carboxylic acids is 1. The number of nitrogens with one attached hydrogen (secondary N) is 1. The highest BCUT2D eigenvalue weighted by Gasteiger charge is 2.24. The number of likely N-dealkylation sites (N-methyl/N-ethyl adjacent to an activating group) is 1. The lowest BCUT2D eigenvalue weighted by Crippen LogP contribution is -2.46. The summed E-state index contributed by atoms with van der Waals surface area (Å²) >= 11 is 0. The van der Waals surface area contributed by atoms with E-state index in [4.69, 9.17) is 9.05 Å². The molecular formula is C32H65N2O6P.